The molecule has 0 bridgehead atoms. The first-order chi connectivity index (χ1) is 13.1. The Morgan fingerprint density at radius 1 is 1.15 bits per heavy atom. The fourth-order valence-electron chi connectivity index (χ4n) is 3.31. The number of hydrogen-bond acceptors (Lipinski definition) is 2. The standard InChI is InChI=1S/C21H26F2N4/c1-15(16-6-5-7-19(13-16)27-10-3-4-11-27)26-21(24-2)25-14-17-12-18(22)8-9-20(17)23/h5-9,12-13,15H,3-4,10-11,14H2,1-2H3,(H2,24,25,26). The van der Waals surface area contributed by atoms with Crippen molar-refractivity contribution < 1.29 is 8.78 Å². The Morgan fingerprint density at radius 2 is 1.93 bits per heavy atom. The number of anilines is 1. The van der Waals surface area contributed by atoms with Gasteiger partial charge in [0.1, 0.15) is 11.6 Å². The molecule has 144 valence electrons. The van der Waals surface area contributed by atoms with E-state index in [1.54, 1.807) is 7.05 Å². The van der Waals surface area contributed by atoms with Crippen molar-refractivity contribution in [2.75, 3.05) is 25.0 Å². The average Bonchev–Trinajstić information content (AvgIpc) is 3.22. The molecule has 6 heteroatoms. The number of benzene rings is 2. The van der Waals surface area contributed by atoms with E-state index >= 15 is 0 Å². The predicted molar refractivity (Wildman–Crippen MR) is 106 cm³/mol. The van der Waals surface area contributed by atoms with E-state index in [0.717, 1.165) is 30.8 Å². The van der Waals surface area contributed by atoms with Gasteiger partial charge in [-0.25, -0.2) is 8.78 Å². The van der Waals surface area contributed by atoms with Gasteiger partial charge < -0.3 is 15.5 Å². The normalized spacial score (nSPS) is 15.7. The third kappa shape index (κ3) is 4.96. The Morgan fingerprint density at radius 3 is 2.67 bits per heavy atom. The average molecular weight is 372 g/mol. The molecule has 2 aromatic carbocycles. The first-order valence-corrected chi connectivity index (χ1v) is 9.33. The first kappa shape index (κ1) is 19.1. The van der Waals surface area contributed by atoms with E-state index in [4.69, 9.17) is 0 Å². The molecule has 4 nitrogen and oxygen atoms in total. The predicted octanol–water partition coefficient (Wildman–Crippen LogP) is 3.99. The van der Waals surface area contributed by atoms with Gasteiger partial charge in [0.25, 0.3) is 0 Å². The Hall–Kier alpha value is -2.63. The van der Waals surface area contributed by atoms with Crippen molar-refractivity contribution in [1.29, 1.82) is 0 Å². The number of guanidine groups is 1. The zero-order valence-corrected chi connectivity index (χ0v) is 15.8. The smallest absolute Gasteiger partial charge is 0.191 e. The summed E-state index contributed by atoms with van der Waals surface area (Å²) in [5, 5.41) is 6.36. The zero-order valence-electron chi connectivity index (χ0n) is 15.8. The maximum Gasteiger partial charge on any atom is 0.191 e. The van der Waals surface area contributed by atoms with Crippen molar-refractivity contribution in [3.05, 3.63) is 65.2 Å². The van der Waals surface area contributed by atoms with E-state index in [-0.39, 0.29) is 18.2 Å². The number of rotatable bonds is 5. The molecule has 1 saturated heterocycles. The molecule has 1 aliphatic rings. The van der Waals surface area contributed by atoms with Crippen LogP contribution in [0.3, 0.4) is 0 Å². The number of halogens is 2. The number of nitrogens with zero attached hydrogens (tertiary/aromatic N) is 2. The molecular formula is C21H26F2N4. The van der Waals surface area contributed by atoms with Crippen LogP contribution in [-0.4, -0.2) is 26.1 Å². The molecule has 0 aliphatic carbocycles. The molecule has 2 N–H and O–H groups in total. The lowest BCUT2D eigenvalue weighted by atomic mass is 10.1. The topological polar surface area (TPSA) is 39.7 Å². The zero-order chi connectivity index (χ0) is 19.2. The highest BCUT2D eigenvalue weighted by atomic mass is 19.1. The lowest BCUT2D eigenvalue weighted by Gasteiger charge is -2.22. The van der Waals surface area contributed by atoms with Crippen molar-refractivity contribution >= 4 is 11.6 Å². The van der Waals surface area contributed by atoms with Gasteiger partial charge in [0.05, 0.1) is 6.04 Å². The molecule has 1 unspecified atom stereocenters. The van der Waals surface area contributed by atoms with Crippen LogP contribution in [0, 0.1) is 11.6 Å². The minimum atomic E-state index is -0.455. The monoisotopic (exact) mass is 372 g/mol. The quantitative estimate of drug-likeness (QED) is 0.616. The summed E-state index contributed by atoms with van der Waals surface area (Å²) in [6.45, 7) is 4.42. The fourth-order valence-corrected chi connectivity index (χ4v) is 3.31. The van der Waals surface area contributed by atoms with E-state index in [0.29, 0.717) is 5.96 Å². The van der Waals surface area contributed by atoms with Gasteiger partial charge in [-0.1, -0.05) is 12.1 Å². The number of aliphatic imine (C=N–C) groups is 1. The molecule has 0 spiro atoms. The molecule has 0 radical (unpaired) electrons. The minimum absolute atomic E-state index is 0.0242. The second-order valence-electron chi connectivity index (χ2n) is 6.82. The molecular weight excluding hydrogens is 346 g/mol. The van der Waals surface area contributed by atoms with Crippen LogP contribution in [0.25, 0.3) is 0 Å². The molecule has 1 aliphatic heterocycles. The Kier molecular flexibility index (Phi) is 6.27. The summed E-state index contributed by atoms with van der Waals surface area (Å²) in [7, 11) is 1.66. The van der Waals surface area contributed by atoms with E-state index < -0.39 is 11.6 Å². The third-order valence-corrected chi connectivity index (χ3v) is 4.87. The largest absolute Gasteiger partial charge is 0.372 e. The maximum atomic E-state index is 13.8. The fraction of sp³-hybridized carbons (Fsp3) is 0.381. The van der Waals surface area contributed by atoms with Gasteiger partial charge in [-0.15, -0.1) is 0 Å². The van der Waals surface area contributed by atoms with Crippen LogP contribution in [0.5, 0.6) is 0 Å². The highest BCUT2D eigenvalue weighted by Gasteiger charge is 2.14. The van der Waals surface area contributed by atoms with Gasteiger partial charge in [0.15, 0.2) is 5.96 Å². The minimum Gasteiger partial charge on any atom is -0.372 e. The van der Waals surface area contributed by atoms with Crippen LogP contribution in [-0.2, 0) is 6.54 Å². The van der Waals surface area contributed by atoms with Gasteiger partial charge in [-0.05, 0) is 55.7 Å². The van der Waals surface area contributed by atoms with Crippen molar-refractivity contribution in [2.45, 2.75) is 32.4 Å². The number of nitrogens with one attached hydrogen (secondary N) is 2. The summed E-state index contributed by atoms with van der Waals surface area (Å²) >= 11 is 0. The van der Waals surface area contributed by atoms with Crippen LogP contribution >= 0.6 is 0 Å². The van der Waals surface area contributed by atoms with Crippen LogP contribution < -0.4 is 15.5 Å². The van der Waals surface area contributed by atoms with Crippen LogP contribution in [0.15, 0.2) is 47.5 Å². The van der Waals surface area contributed by atoms with Gasteiger partial charge in [-0.3, -0.25) is 4.99 Å². The molecule has 3 rings (SSSR count). The second-order valence-corrected chi connectivity index (χ2v) is 6.82. The summed E-state index contributed by atoms with van der Waals surface area (Å²) in [4.78, 5) is 6.59. The Bertz CT molecular complexity index is 801. The van der Waals surface area contributed by atoms with E-state index in [1.165, 1.54) is 24.6 Å². The maximum absolute atomic E-state index is 13.8. The first-order valence-electron chi connectivity index (χ1n) is 9.33. The van der Waals surface area contributed by atoms with E-state index in [1.807, 2.05) is 0 Å². The molecule has 1 fully saturated rings. The molecule has 0 saturated carbocycles. The van der Waals surface area contributed by atoms with Gasteiger partial charge in [0.2, 0.25) is 0 Å². The molecule has 0 amide bonds. The highest BCUT2D eigenvalue weighted by molar-refractivity contribution is 5.80. The lowest BCUT2D eigenvalue weighted by Crippen LogP contribution is -2.38. The van der Waals surface area contributed by atoms with Crippen molar-refractivity contribution in [3.8, 4) is 0 Å². The van der Waals surface area contributed by atoms with Crippen LogP contribution in [0.2, 0.25) is 0 Å². The van der Waals surface area contributed by atoms with Gasteiger partial charge in [-0.2, -0.15) is 0 Å². The summed E-state index contributed by atoms with van der Waals surface area (Å²) in [5.41, 5.74) is 2.66. The van der Waals surface area contributed by atoms with E-state index in [9.17, 15) is 8.78 Å². The van der Waals surface area contributed by atoms with Crippen LogP contribution in [0.1, 0.15) is 36.9 Å². The summed E-state index contributed by atoms with van der Waals surface area (Å²) in [5.74, 6) is -0.355. The number of hydrogen-bond donors (Lipinski definition) is 2. The van der Waals surface area contributed by atoms with Gasteiger partial charge in [0, 0.05) is 37.9 Å². The van der Waals surface area contributed by atoms with Crippen molar-refractivity contribution in [2.24, 2.45) is 4.99 Å². The SMILES string of the molecule is CN=C(NCc1cc(F)ccc1F)NC(C)c1cccc(N2CCCC2)c1. The Labute approximate surface area is 159 Å². The van der Waals surface area contributed by atoms with Gasteiger partial charge >= 0.3 is 0 Å². The molecule has 27 heavy (non-hydrogen) atoms. The summed E-state index contributed by atoms with van der Waals surface area (Å²) < 4.78 is 27.1. The highest BCUT2D eigenvalue weighted by Crippen LogP contribution is 2.24. The Balaban J connectivity index is 1.62. The van der Waals surface area contributed by atoms with Crippen LogP contribution in [0.4, 0.5) is 14.5 Å². The summed E-state index contributed by atoms with van der Waals surface area (Å²) in [6.07, 6.45) is 2.48. The molecule has 0 aromatic heterocycles. The molecule has 1 atom stereocenters. The lowest BCUT2D eigenvalue weighted by molar-refractivity contribution is 0.580. The molecule has 2 aromatic rings. The molecule has 1 heterocycles. The second kappa shape index (κ2) is 8.84. The summed E-state index contributed by atoms with van der Waals surface area (Å²) in [6, 6.07) is 11.9. The van der Waals surface area contributed by atoms with Crippen molar-refractivity contribution in [1.82, 2.24) is 10.6 Å². The van der Waals surface area contributed by atoms with Crippen molar-refractivity contribution in [3.63, 3.8) is 0 Å². The van der Waals surface area contributed by atoms with E-state index in [2.05, 4.69) is 51.7 Å². The third-order valence-electron chi connectivity index (χ3n) is 4.87.